The molecule has 0 spiro atoms. The van der Waals surface area contributed by atoms with Gasteiger partial charge in [-0.3, -0.25) is 4.79 Å². The average molecular weight is 314 g/mol. The molecule has 1 aliphatic heterocycles. The summed E-state index contributed by atoms with van der Waals surface area (Å²) in [6.45, 7) is 4.39. The first-order chi connectivity index (χ1) is 11.1. The van der Waals surface area contributed by atoms with Gasteiger partial charge in [-0.15, -0.1) is 0 Å². The Bertz CT molecular complexity index is 731. The minimum atomic E-state index is -0.432. The van der Waals surface area contributed by atoms with Gasteiger partial charge in [0.25, 0.3) is 0 Å². The van der Waals surface area contributed by atoms with Gasteiger partial charge < -0.3 is 14.2 Å². The Balaban J connectivity index is 1.71. The second kappa shape index (κ2) is 6.24. The van der Waals surface area contributed by atoms with E-state index in [1.54, 1.807) is 36.9 Å². The number of amides is 1. The minimum Gasteiger partial charge on any atom is -0.457 e. The van der Waals surface area contributed by atoms with Crippen molar-refractivity contribution in [2.75, 3.05) is 11.4 Å². The van der Waals surface area contributed by atoms with Gasteiger partial charge in [0.15, 0.2) is 0 Å². The summed E-state index contributed by atoms with van der Waals surface area (Å²) in [7, 11) is 0. The third-order valence-corrected chi connectivity index (χ3v) is 4.00. The van der Waals surface area contributed by atoms with Gasteiger partial charge in [-0.25, -0.2) is 4.79 Å². The molecule has 6 nitrogen and oxygen atoms in total. The van der Waals surface area contributed by atoms with Crippen LogP contribution in [0.3, 0.4) is 0 Å². The largest absolute Gasteiger partial charge is 0.457 e. The zero-order valence-corrected chi connectivity index (χ0v) is 13.2. The van der Waals surface area contributed by atoms with Crippen molar-refractivity contribution >= 4 is 17.6 Å². The molecular formula is C17H18N2O4. The van der Waals surface area contributed by atoms with Crippen molar-refractivity contribution < 1.29 is 18.8 Å². The number of hydrogen-bond acceptors (Lipinski definition) is 5. The van der Waals surface area contributed by atoms with E-state index in [0.717, 1.165) is 17.7 Å². The number of ether oxygens (including phenoxy) is 1. The number of aromatic nitrogens is 1. The molecule has 1 amide bonds. The summed E-state index contributed by atoms with van der Waals surface area (Å²) < 4.78 is 10.4. The van der Waals surface area contributed by atoms with Crippen molar-refractivity contribution in [1.82, 2.24) is 5.16 Å². The maximum atomic E-state index is 12.2. The zero-order chi connectivity index (χ0) is 16.4. The van der Waals surface area contributed by atoms with E-state index in [4.69, 9.17) is 9.26 Å². The lowest BCUT2D eigenvalue weighted by atomic mass is 10.2. The molecule has 2 aromatic rings. The number of rotatable bonds is 4. The number of carbonyl (C=O) groups excluding carboxylic acids is 2. The smallest absolute Gasteiger partial charge is 0.338 e. The summed E-state index contributed by atoms with van der Waals surface area (Å²) in [5.74, 6) is 0.302. The molecule has 0 saturated carbocycles. The molecule has 3 rings (SSSR count). The van der Waals surface area contributed by atoms with Gasteiger partial charge in [0.05, 0.1) is 16.8 Å². The Hall–Kier alpha value is -2.63. The van der Waals surface area contributed by atoms with Gasteiger partial charge in [-0.2, -0.15) is 0 Å². The zero-order valence-electron chi connectivity index (χ0n) is 13.2. The van der Waals surface area contributed by atoms with Gasteiger partial charge in [0.2, 0.25) is 5.91 Å². The van der Waals surface area contributed by atoms with E-state index >= 15 is 0 Å². The van der Waals surface area contributed by atoms with Crippen LogP contribution < -0.4 is 4.90 Å². The Kier molecular flexibility index (Phi) is 4.14. The molecule has 0 bridgehead atoms. The first kappa shape index (κ1) is 15.3. The SMILES string of the molecule is Cc1noc(C)c1COC(=O)c1cccc(N2CCCC2=O)c1. The first-order valence-electron chi connectivity index (χ1n) is 7.55. The fraction of sp³-hybridized carbons (Fsp3) is 0.353. The molecule has 1 aliphatic rings. The highest BCUT2D eigenvalue weighted by molar-refractivity contribution is 5.97. The number of benzene rings is 1. The van der Waals surface area contributed by atoms with Crippen molar-refractivity contribution in [3.8, 4) is 0 Å². The lowest BCUT2D eigenvalue weighted by Crippen LogP contribution is -2.23. The van der Waals surface area contributed by atoms with E-state index in [9.17, 15) is 9.59 Å². The normalized spacial score (nSPS) is 14.3. The molecule has 120 valence electrons. The Morgan fingerprint density at radius 3 is 2.87 bits per heavy atom. The summed E-state index contributed by atoms with van der Waals surface area (Å²) in [6, 6.07) is 6.96. The maximum Gasteiger partial charge on any atom is 0.338 e. The van der Waals surface area contributed by atoms with E-state index in [0.29, 0.717) is 30.0 Å². The van der Waals surface area contributed by atoms with Gasteiger partial charge in [0.1, 0.15) is 12.4 Å². The standard InChI is InChI=1S/C17H18N2O4/c1-11-15(12(2)23-18-11)10-22-17(21)13-5-3-6-14(9-13)19-8-4-7-16(19)20/h3,5-6,9H,4,7-8,10H2,1-2H3. The molecule has 0 aliphatic carbocycles. The van der Waals surface area contributed by atoms with E-state index in [2.05, 4.69) is 5.16 Å². The monoisotopic (exact) mass is 314 g/mol. The molecule has 0 N–H and O–H groups in total. The van der Waals surface area contributed by atoms with Gasteiger partial charge in [-0.1, -0.05) is 11.2 Å². The van der Waals surface area contributed by atoms with Crippen LogP contribution in [0.5, 0.6) is 0 Å². The molecule has 1 aromatic carbocycles. The van der Waals surface area contributed by atoms with Crippen LogP contribution in [-0.4, -0.2) is 23.6 Å². The number of carbonyl (C=O) groups is 2. The molecule has 0 atom stereocenters. The van der Waals surface area contributed by atoms with Crippen LogP contribution in [0, 0.1) is 13.8 Å². The molecule has 1 saturated heterocycles. The van der Waals surface area contributed by atoms with Crippen LogP contribution in [0.1, 0.15) is 40.2 Å². The highest BCUT2D eigenvalue weighted by Crippen LogP contribution is 2.23. The van der Waals surface area contributed by atoms with Crippen LogP contribution in [0.25, 0.3) is 0 Å². The lowest BCUT2D eigenvalue weighted by Gasteiger charge is -2.16. The summed E-state index contributed by atoms with van der Waals surface area (Å²) in [6.07, 6.45) is 1.40. The van der Waals surface area contributed by atoms with E-state index in [1.165, 1.54) is 0 Å². The summed E-state index contributed by atoms with van der Waals surface area (Å²) in [5, 5.41) is 3.83. The molecule has 1 aromatic heterocycles. The van der Waals surface area contributed by atoms with Crippen molar-refractivity contribution in [3.63, 3.8) is 0 Å². The van der Waals surface area contributed by atoms with Crippen LogP contribution in [-0.2, 0) is 16.1 Å². The van der Waals surface area contributed by atoms with Crippen LogP contribution >= 0.6 is 0 Å². The van der Waals surface area contributed by atoms with Crippen molar-refractivity contribution in [2.24, 2.45) is 0 Å². The average Bonchev–Trinajstić information content (AvgIpc) is 3.11. The molecule has 6 heteroatoms. The third kappa shape index (κ3) is 3.11. The molecule has 2 heterocycles. The minimum absolute atomic E-state index is 0.0891. The van der Waals surface area contributed by atoms with Crippen molar-refractivity contribution in [1.29, 1.82) is 0 Å². The Labute approximate surface area is 134 Å². The predicted molar refractivity (Wildman–Crippen MR) is 83.1 cm³/mol. The Morgan fingerprint density at radius 1 is 1.39 bits per heavy atom. The third-order valence-electron chi connectivity index (χ3n) is 4.00. The molecule has 1 fully saturated rings. The second-order valence-corrected chi connectivity index (χ2v) is 5.58. The first-order valence-corrected chi connectivity index (χ1v) is 7.55. The second-order valence-electron chi connectivity index (χ2n) is 5.58. The quantitative estimate of drug-likeness (QED) is 0.811. The fourth-order valence-corrected chi connectivity index (χ4v) is 2.65. The maximum absolute atomic E-state index is 12.2. The highest BCUT2D eigenvalue weighted by atomic mass is 16.5. The summed E-state index contributed by atoms with van der Waals surface area (Å²) >= 11 is 0. The molecular weight excluding hydrogens is 296 g/mol. The summed E-state index contributed by atoms with van der Waals surface area (Å²) in [5.41, 5.74) is 2.66. The number of hydrogen-bond donors (Lipinski definition) is 0. The van der Waals surface area contributed by atoms with Crippen LogP contribution in [0.15, 0.2) is 28.8 Å². The number of esters is 1. The van der Waals surface area contributed by atoms with Crippen molar-refractivity contribution in [3.05, 3.63) is 46.8 Å². The number of nitrogens with zero attached hydrogens (tertiary/aromatic N) is 2. The van der Waals surface area contributed by atoms with Gasteiger partial charge >= 0.3 is 5.97 Å². The Morgan fingerprint density at radius 2 is 2.22 bits per heavy atom. The summed E-state index contributed by atoms with van der Waals surface area (Å²) in [4.78, 5) is 25.7. The van der Waals surface area contributed by atoms with Gasteiger partial charge in [0, 0.05) is 18.7 Å². The predicted octanol–water partition coefficient (Wildman–Crippen LogP) is 2.78. The van der Waals surface area contributed by atoms with Crippen molar-refractivity contribution in [2.45, 2.75) is 33.3 Å². The molecule has 0 unspecified atom stereocenters. The van der Waals surface area contributed by atoms with Crippen LogP contribution in [0.2, 0.25) is 0 Å². The van der Waals surface area contributed by atoms with E-state index in [1.807, 2.05) is 6.07 Å². The molecule has 0 radical (unpaired) electrons. The van der Waals surface area contributed by atoms with Gasteiger partial charge in [-0.05, 0) is 38.5 Å². The van der Waals surface area contributed by atoms with Crippen LogP contribution in [0.4, 0.5) is 5.69 Å². The van der Waals surface area contributed by atoms with E-state index in [-0.39, 0.29) is 12.5 Å². The lowest BCUT2D eigenvalue weighted by molar-refractivity contribution is -0.117. The van der Waals surface area contributed by atoms with E-state index < -0.39 is 5.97 Å². The molecule has 23 heavy (non-hydrogen) atoms. The fourth-order valence-electron chi connectivity index (χ4n) is 2.65. The number of anilines is 1. The highest BCUT2D eigenvalue weighted by Gasteiger charge is 2.22. The topological polar surface area (TPSA) is 72.6 Å². The number of aryl methyl sites for hydroxylation is 2.